The highest BCUT2D eigenvalue weighted by Gasteiger charge is 2.19. The number of hydrogen-bond acceptors (Lipinski definition) is 1. The molecule has 0 saturated heterocycles. The number of fused-ring (bicyclic) bond motifs is 5. The first-order chi connectivity index (χ1) is 24.0. The van der Waals surface area contributed by atoms with Gasteiger partial charge in [0.05, 0.1) is 5.48 Å². The lowest BCUT2D eigenvalue weighted by Crippen LogP contribution is -1.92. The molecule has 0 atom stereocenters. The largest absolute Gasteiger partial charge is 0.456 e. The van der Waals surface area contributed by atoms with Crippen molar-refractivity contribution < 1.29 is 9.90 Å². The molecule has 45 heavy (non-hydrogen) atoms. The summed E-state index contributed by atoms with van der Waals surface area (Å²) in [5, 5.41) is 5.80. The van der Waals surface area contributed by atoms with Gasteiger partial charge in [-0.2, -0.15) is 0 Å². The molecular weight excluding hydrogens is 544 g/mol. The maximum Gasteiger partial charge on any atom is 0.135 e. The first-order valence-electron chi connectivity index (χ1n) is 17.1. The molecule has 0 bridgehead atoms. The van der Waals surface area contributed by atoms with Gasteiger partial charge in [-0.15, -0.1) is 0 Å². The fourth-order valence-corrected chi connectivity index (χ4v) is 6.67. The quantitative estimate of drug-likeness (QED) is 0.190. The maximum atomic E-state index is 9.60. The molecule has 0 spiro atoms. The summed E-state index contributed by atoms with van der Waals surface area (Å²) in [5.74, 6) is 0. The second-order valence-corrected chi connectivity index (χ2v) is 11.3. The molecule has 9 aromatic rings. The van der Waals surface area contributed by atoms with Gasteiger partial charge in [0, 0.05) is 10.8 Å². The molecule has 0 N–H and O–H groups in total. The fraction of sp³-hybridized carbons (Fsp3) is 0. The second kappa shape index (κ2) is 10.4. The highest BCUT2D eigenvalue weighted by Crippen LogP contribution is 2.46. The summed E-state index contributed by atoms with van der Waals surface area (Å²) >= 11 is 0. The van der Waals surface area contributed by atoms with E-state index in [1.165, 1.54) is 0 Å². The lowest BCUT2D eigenvalue weighted by Gasteiger charge is -2.19. The Morgan fingerprint density at radius 3 is 1.64 bits per heavy atom. The molecule has 1 aromatic heterocycles. The maximum absolute atomic E-state index is 9.60. The highest BCUT2D eigenvalue weighted by atomic mass is 16.3. The standard InChI is InChI=1S/C44H28O/c1-3-12-29(13-4-1)31-16-11-17-33(26-31)44-37-20-8-7-19-36(37)43(38-24-22-32(27-40(38)44)30-14-5-2-6-15-30)34-23-25-42-39(28-34)35-18-9-10-21-41(35)45-42/h1-28H/i11D,16D,17D,26D. The monoisotopic (exact) mass is 576 g/mol. The zero-order valence-electron chi connectivity index (χ0n) is 28.3. The predicted molar refractivity (Wildman–Crippen MR) is 190 cm³/mol. The zero-order chi connectivity index (χ0) is 33.2. The Labute approximate surface area is 267 Å². The minimum absolute atomic E-state index is 0.0767. The third-order valence-electron chi connectivity index (χ3n) is 8.73. The third kappa shape index (κ3) is 4.24. The number of furan rings is 1. The summed E-state index contributed by atoms with van der Waals surface area (Å²) in [4.78, 5) is 0. The molecular formula is C44H28O. The van der Waals surface area contributed by atoms with Gasteiger partial charge in [0.25, 0.3) is 0 Å². The SMILES string of the molecule is [2H]c1c([2H])c(-c2ccccc2)c([2H])c(-c2c3ccccc3c(-c3ccc4oc5ccccc5c4c3)c3ccc(-c4ccccc4)cc23)c1[2H]. The Morgan fingerprint density at radius 1 is 0.356 bits per heavy atom. The molecule has 1 heteroatoms. The first kappa shape index (κ1) is 21.7. The number of para-hydroxylation sites is 1. The lowest BCUT2D eigenvalue weighted by atomic mass is 9.84. The van der Waals surface area contributed by atoms with Gasteiger partial charge in [0.15, 0.2) is 0 Å². The normalized spacial score (nSPS) is 12.8. The first-order valence-corrected chi connectivity index (χ1v) is 15.1. The molecule has 0 saturated carbocycles. The van der Waals surface area contributed by atoms with E-state index in [-0.39, 0.29) is 24.2 Å². The van der Waals surface area contributed by atoms with E-state index in [9.17, 15) is 2.74 Å². The van der Waals surface area contributed by atoms with Crippen LogP contribution in [0.4, 0.5) is 0 Å². The predicted octanol–water partition coefficient (Wildman–Crippen LogP) is 12.6. The van der Waals surface area contributed by atoms with Crippen molar-refractivity contribution in [2.45, 2.75) is 0 Å². The summed E-state index contributed by atoms with van der Waals surface area (Å²) in [6.07, 6.45) is 0. The van der Waals surface area contributed by atoms with Gasteiger partial charge < -0.3 is 4.42 Å². The molecule has 0 amide bonds. The van der Waals surface area contributed by atoms with Gasteiger partial charge in [-0.1, -0.05) is 139 Å². The van der Waals surface area contributed by atoms with E-state index in [2.05, 4.69) is 54.6 Å². The van der Waals surface area contributed by atoms with Crippen LogP contribution in [0.1, 0.15) is 5.48 Å². The van der Waals surface area contributed by atoms with Gasteiger partial charge in [-0.3, -0.25) is 0 Å². The summed E-state index contributed by atoms with van der Waals surface area (Å²) in [7, 11) is 0. The van der Waals surface area contributed by atoms with Crippen LogP contribution in [0.3, 0.4) is 0 Å². The van der Waals surface area contributed by atoms with Gasteiger partial charge in [0.2, 0.25) is 0 Å². The average molecular weight is 577 g/mol. The molecule has 1 heterocycles. The Hall–Kier alpha value is -5.92. The summed E-state index contributed by atoms with van der Waals surface area (Å²) in [6.45, 7) is 0. The van der Waals surface area contributed by atoms with Crippen molar-refractivity contribution in [3.05, 3.63) is 170 Å². The molecule has 0 aliphatic carbocycles. The third-order valence-corrected chi connectivity index (χ3v) is 8.73. The van der Waals surface area contributed by atoms with Crippen LogP contribution in [0.2, 0.25) is 0 Å². The van der Waals surface area contributed by atoms with Crippen LogP contribution in [0.5, 0.6) is 0 Å². The van der Waals surface area contributed by atoms with E-state index in [0.717, 1.165) is 71.3 Å². The van der Waals surface area contributed by atoms with E-state index in [1.54, 1.807) is 0 Å². The van der Waals surface area contributed by atoms with Crippen molar-refractivity contribution in [1.29, 1.82) is 0 Å². The van der Waals surface area contributed by atoms with Gasteiger partial charge in [0.1, 0.15) is 11.2 Å². The molecule has 0 radical (unpaired) electrons. The van der Waals surface area contributed by atoms with E-state index in [0.29, 0.717) is 16.7 Å². The Kier molecular flexibility index (Phi) is 5.00. The molecule has 0 aliphatic rings. The van der Waals surface area contributed by atoms with Crippen LogP contribution in [0.15, 0.2) is 174 Å². The molecule has 9 rings (SSSR count). The molecule has 0 unspecified atom stereocenters. The van der Waals surface area contributed by atoms with Crippen LogP contribution < -0.4 is 0 Å². The summed E-state index contributed by atoms with van der Waals surface area (Å²) < 4.78 is 42.9. The van der Waals surface area contributed by atoms with E-state index in [1.807, 2.05) is 91.0 Å². The van der Waals surface area contributed by atoms with Gasteiger partial charge >= 0.3 is 0 Å². The molecule has 1 nitrogen and oxygen atoms in total. The van der Waals surface area contributed by atoms with Crippen LogP contribution in [-0.2, 0) is 0 Å². The summed E-state index contributed by atoms with van der Waals surface area (Å²) in [6, 6.07) is 48.2. The molecule has 0 fully saturated rings. The Balaban J connectivity index is 1.44. The molecule has 210 valence electrons. The lowest BCUT2D eigenvalue weighted by molar-refractivity contribution is 0.669. The Morgan fingerprint density at radius 2 is 0.889 bits per heavy atom. The van der Waals surface area contributed by atoms with E-state index in [4.69, 9.17) is 7.16 Å². The second-order valence-electron chi connectivity index (χ2n) is 11.3. The van der Waals surface area contributed by atoms with Crippen LogP contribution >= 0.6 is 0 Å². The van der Waals surface area contributed by atoms with Crippen molar-refractivity contribution in [2.75, 3.05) is 0 Å². The van der Waals surface area contributed by atoms with Crippen LogP contribution in [0, 0.1) is 0 Å². The minimum atomic E-state index is -0.192. The number of rotatable bonds is 4. The fourth-order valence-electron chi connectivity index (χ4n) is 6.67. The minimum Gasteiger partial charge on any atom is -0.456 e. The highest BCUT2D eigenvalue weighted by molar-refractivity contribution is 6.22. The Bertz CT molecular complexity index is 2750. The zero-order valence-corrected chi connectivity index (χ0v) is 24.3. The topological polar surface area (TPSA) is 13.1 Å². The van der Waals surface area contributed by atoms with Crippen molar-refractivity contribution in [2.24, 2.45) is 0 Å². The van der Waals surface area contributed by atoms with Gasteiger partial charge in [-0.25, -0.2) is 0 Å². The summed E-state index contributed by atoms with van der Waals surface area (Å²) in [5.41, 5.74) is 7.93. The number of hydrogen-bond donors (Lipinski definition) is 0. The molecule has 8 aromatic carbocycles. The van der Waals surface area contributed by atoms with Crippen molar-refractivity contribution in [3.8, 4) is 44.5 Å². The smallest absolute Gasteiger partial charge is 0.135 e. The van der Waals surface area contributed by atoms with Crippen molar-refractivity contribution >= 4 is 43.5 Å². The van der Waals surface area contributed by atoms with E-state index >= 15 is 0 Å². The average Bonchev–Trinajstić information content (AvgIpc) is 3.52. The van der Waals surface area contributed by atoms with E-state index < -0.39 is 0 Å². The number of benzene rings is 8. The van der Waals surface area contributed by atoms with Gasteiger partial charge in [-0.05, 0) is 96.4 Å². The molecule has 0 aliphatic heterocycles. The van der Waals surface area contributed by atoms with Crippen LogP contribution in [-0.4, -0.2) is 0 Å². The van der Waals surface area contributed by atoms with Crippen molar-refractivity contribution in [3.63, 3.8) is 0 Å². The van der Waals surface area contributed by atoms with Crippen LogP contribution in [0.25, 0.3) is 88.0 Å². The van der Waals surface area contributed by atoms with Crippen molar-refractivity contribution in [1.82, 2.24) is 0 Å².